The molecule has 0 saturated heterocycles. The number of aliphatic hydroxyl groups excluding tert-OH is 1. The Bertz CT molecular complexity index is 522. The summed E-state index contributed by atoms with van der Waals surface area (Å²) in [6.45, 7) is 2.65. The van der Waals surface area contributed by atoms with Crippen LogP contribution >= 0.6 is 0 Å². The van der Waals surface area contributed by atoms with E-state index in [4.69, 9.17) is 14.3 Å². The molecular weight excluding hydrogens is 242 g/mol. The zero-order valence-electron chi connectivity index (χ0n) is 11.2. The summed E-state index contributed by atoms with van der Waals surface area (Å²) in [4.78, 5) is 0. The topological polar surface area (TPSA) is 54.6 Å². The molecule has 0 unspecified atom stereocenters. The van der Waals surface area contributed by atoms with Gasteiger partial charge in [0.25, 0.3) is 0 Å². The lowest BCUT2D eigenvalue weighted by Gasteiger charge is -2.14. The summed E-state index contributed by atoms with van der Waals surface area (Å²) >= 11 is 0. The van der Waals surface area contributed by atoms with E-state index >= 15 is 0 Å². The number of benzene rings is 1. The number of nitrogens with one attached hydrogen (secondary N) is 1. The van der Waals surface area contributed by atoms with Crippen molar-refractivity contribution < 1.29 is 14.3 Å². The first-order valence-corrected chi connectivity index (χ1v) is 6.28. The van der Waals surface area contributed by atoms with Gasteiger partial charge in [0.05, 0.1) is 13.7 Å². The maximum atomic E-state index is 8.94. The van der Waals surface area contributed by atoms with Gasteiger partial charge >= 0.3 is 0 Å². The largest absolute Gasteiger partial charge is 0.497 e. The first-order valence-electron chi connectivity index (χ1n) is 6.28. The monoisotopic (exact) mass is 261 g/mol. The van der Waals surface area contributed by atoms with Crippen LogP contribution in [0, 0.1) is 0 Å². The Kier molecular flexibility index (Phi) is 4.60. The Balaban J connectivity index is 1.94. The maximum Gasteiger partial charge on any atom is 0.129 e. The van der Waals surface area contributed by atoms with Gasteiger partial charge in [-0.25, -0.2) is 0 Å². The second-order valence-corrected chi connectivity index (χ2v) is 4.41. The van der Waals surface area contributed by atoms with Crippen LogP contribution in [-0.4, -0.2) is 12.2 Å². The molecule has 0 aliphatic rings. The minimum absolute atomic E-state index is 0.0640. The second kappa shape index (κ2) is 6.41. The summed E-state index contributed by atoms with van der Waals surface area (Å²) in [7, 11) is 1.66. The third-order valence-corrected chi connectivity index (χ3v) is 3.05. The van der Waals surface area contributed by atoms with E-state index in [1.54, 1.807) is 13.2 Å². The van der Waals surface area contributed by atoms with E-state index in [0.717, 1.165) is 17.1 Å². The first kappa shape index (κ1) is 13.6. The maximum absolute atomic E-state index is 8.94. The van der Waals surface area contributed by atoms with E-state index in [-0.39, 0.29) is 12.6 Å². The SMILES string of the molecule is COc1cccc([C@H](C)NCc2ccc(CO)o2)c1. The summed E-state index contributed by atoms with van der Waals surface area (Å²) < 4.78 is 10.6. The van der Waals surface area contributed by atoms with Crippen molar-refractivity contribution in [2.24, 2.45) is 0 Å². The van der Waals surface area contributed by atoms with Crippen LogP contribution in [0.5, 0.6) is 5.75 Å². The molecule has 0 bridgehead atoms. The summed E-state index contributed by atoms with van der Waals surface area (Å²) in [6.07, 6.45) is 0. The van der Waals surface area contributed by atoms with Crippen molar-refractivity contribution in [3.8, 4) is 5.75 Å². The molecule has 4 nitrogen and oxygen atoms in total. The molecule has 0 aliphatic heterocycles. The molecule has 1 heterocycles. The Morgan fingerprint density at radius 1 is 1.26 bits per heavy atom. The van der Waals surface area contributed by atoms with Gasteiger partial charge in [0.1, 0.15) is 23.9 Å². The molecule has 102 valence electrons. The fourth-order valence-electron chi connectivity index (χ4n) is 1.88. The number of ether oxygens (including phenoxy) is 1. The Morgan fingerprint density at radius 3 is 2.74 bits per heavy atom. The average Bonchev–Trinajstić information content (AvgIpc) is 2.93. The first-order chi connectivity index (χ1) is 9.22. The lowest BCUT2D eigenvalue weighted by atomic mass is 10.1. The van der Waals surface area contributed by atoms with Gasteiger partial charge in [-0.05, 0) is 36.8 Å². The van der Waals surface area contributed by atoms with Gasteiger partial charge in [-0.15, -0.1) is 0 Å². The smallest absolute Gasteiger partial charge is 0.129 e. The highest BCUT2D eigenvalue weighted by molar-refractivity contribution is 5.30. The minimum atomic E-state index is -0.0640. The van der Waals surface area contributed by atoms with Crippen LogP contribution < -0.4 is 10.1 Å². The number of aliphatic hydroxyl groups is 1. The van der Waals surface area contributed by atoms with Crippen LogP contribution in [0.1, 0.15) is 30.0 Å². The molecular formula is C15H19NO3. The lowest BCUT2D eigenvalue weighted by Crippen LogP contribution is -2.17. The van der Waals surface area contributed by atoms with E-state index in [9.17, 15) is 0 Å². The van der Waals surface area contributed by atoms with Crippen LogP contribution in [0.2, 0.25) is 0 Å². The molecule has 0 fully saturated rings. The van der Waals surface area contributed by atoms with Gasteiger partial charge < -0.3 is 19.6 Å². The number of hydrogen-bond donors (Lipinski definition) is 2. The number of hydrogen-bond acceptors (Lipinski definition) is 4. The van der Waals surface area contributed by atoms with E-state index in [0.29, 0.717) is 12.3 Å². The summed E-state index contributed by atoms with van der Waals surface area (Å²) in [5, 5.41) is 12.3. The normalized spacial score (nSPS) is 12.4. The van der Waals surface area contributed by atoms with Crippen molar-refractivity contribution in [3.63, 3.8) is 0 Å². The predicted molar refractivity (Wildman–Crippen MR) is 72.9 cm³/mol. The van der Waals surface area contributed by atoms with Crippen molar-refractivity contribution >= 4 is 0 Å². The van der Waals surface area contributed by atoms with Gasteiger partial charge in [-0.3, -0.25) is 0 Å². The van der Waals surface area contributed by atoms with Crippen molar-refractivity contribution in [1.82, 2.24) is 5.32 Å². The van der Waals surface area contributed by atoms with E-state index in [2.05, 4.69) is 18.3 Å². The highest BCUT2D eigenvalue weighted by Crippen LogP contribution is 2.19. The molecule has 4 heteroatoms. The lowest BCUT2D eigenvalue weighted by molar-refractivity contribution is 0.242. The van der Waals surface area contributed by atoms with E-state index in [1.807, 2.05) is 24.3 Å². The van der Waals surface area contributed by atoms with Crippen LogP contribution in [0.15, 0.2) is 40.8 Å². The standard InChI is InChI=1S/C15H19NO3/c1-11(12-4-3-5-13(8-12)18-2)16-9-14-6-7-15(10-17)19-14/h3-8,11,16-17H,9-10H2,1-2H3/t11-/m0/s1. The third-order valence-electron chi connectivity index (χ3n) is 3.05. The molecule has 2 aromatic rings. The fraction of sp³-hybridized carbons (Fsp3) is 0.333. The summed E-state index contributed by atoms with van der Waals surface area (Å²) in [5.74, 6) is 2.26. The molecule has 19 heavy (non-hydrogen) atoms. The summed E-state index contributed by atoms with van der Waals surface area (Å²) in [5.41, 5.74) is 1.16. The Hall–Kier alpha value is -1.78. The predicted octanol–water partition coefficient (Wildman–Crippen LogP) is 2.63. The third kappa shape index (κ3) is 3.59. The van der Waals surface area contributed by atoms with Gasteiger partial charge in [0, 0.05) is 6.04 Å². The van der Waals surface area contributed by atoms with Gasteiger partial charge in [-0.2, -0.15) is 0 Å². The number of methoxy groups -OCH3 is 1. The van der Waals surface area contributed by atoms with E-state index < -0.39 is 0 Å². The molecule has 0 spiro atoms. The molecule has 0 aliphatic carbocycles. The number of rotatable bonds is 6. The average molecular weight is 261 g/mol. The quantitative estimate of drug-likeness (QED) is 0.839. The van der Waals surface area contributed by atoms with Crippen LogP contribution in [0.4, 0.5) is 0 Å². The minimum Gasteiger partial charge on any atom is -0.497 e. The molecule has 0 amide bonds. The van der Waals surface area contributed by atoms with Crippen LogP contribution in [-0.2, 0) is 13.2 Å². The summed E-state index contributed by atoms with van der Waals surface area (Å²) in [6, 6.07) is 11.8. The van der Waals surface area contributed by atoms with E-state index in [1.165, 1.54) is 0 Å². The molecule has 1 atom stereocenters. The van der Waals surface area contributed by atoms with Crippen LogP contribution in [0.3, 0.4) is 0 Å². The molecule has 2 rings (SSSR count). The van der Waals surface area contributed by atoms with Gasteiger partial charge in [0.15, 0.2) is 0 Å². The van der Waals surface area contributed by atoms with Crippen molar-refractivity contribution in [2.45, 2.75) is 26.1 Å². The molecule has 1 aromatic heterocycles. The molecule has 0 radical (unpaired) electrons. The fourth-order valence-corrected chi connectivity index (χ4v) is 1.88. The molecule has 0 saturated carbocycles. The highest BCUT2D eigenvalue weighted by Gasteiger charge is 2.07. The highest BCUT2D eigenvalue weighted by atomic mass is 16.5. The van der Waals surface area contributed by atoms with Crippen molar-refractivity contribution in [2.75, 3.05) is 7.11 Å². The number of furan rings is 1. The zero-order chi connectivity index (χ0) is 13.7. The van der Waals surface area contributed by atoms with Gasteiger partial charge in [0.2, 0.25) is 0 Å². The molecule has 1 aromatic carbocycles. The Labute approximate surface area is 113 Å². The zero-order valence-corrected chi connectivity index (χ0v) is 11.2. The second-order valence-electron chi connectivity index (χ2n) is 4.41. The van der Waals surface area contributed by atoms with Crippen molar-refractivity contribution in [1.29, 1.82) is 0 Å². The Morgan fingerprint density at radius 2 is 2.05 bits per heavy atom. The molecule has 2 N–H and O–H groups in total. The van der Waals surface area contributed by atoms with Gasteiger partial charge in [-0.1, -0.05) is 12.1 Å². The van der Waals surface area contributed by atoms with Crippen LogP contribution in [0.25, 0.3) is 0 Å². The van der Waals surface area contributed by atoms with Crippen molar-refractivity contribution in [3.05, 3.63) is 53.5 Å².